The first-order valence-electron chi connectivity index (χ1n) is 6.90. The molecule has 3 aliphatic rings. The lowest BCUT2D eigenvalue weighted by molar-refractivity contribution is -0.146. The van der Waals surface area contributed by atoms with Gasteiger partial charge in [0.15, 0.2) is 0 Å². The van der Waals surface area contributed by atoms with Crippen LogP contribution in [0, 0.1) is 23.7 Å². The lowest BCUT2D eigenvalue weighted by atomic mass is 9.80. The van der Waals surface area contributed by atoms with Gasteiger partial charge in [0, 0.05) is 11.8 Å². The molecule has 2 N–H and O–H groups in total. The molecule has 4 heteroatoms. The Labute approximate surface area is 112 Å². The molecule has 0 spiro atoms. The summed E-state index contributed by atoms with van der Waals surface area (Å²) in [6.45, 7) is 7.95. The molecule has 0 aromatic carbocycles. The Hall–Kier alpha value is -1.13. The van der Waals surface area contributed by atoms with E-state index in [4.69, 9.17) is 4.74 Å². The summed E-state index contributed by atoms with van der Waals surface area (Å²) in [7, 11) is 0. The molecule has 0 bridgehead atoms. The molecule has 0 aromatic heterocycles. The van der Waals surface area contributed by atoms with Crippen LogP contribution in [-0.4, -0.2) is 35.0 Å². The number of aliphatic hydroxyl groups is 2. The highest BCUT2D eigenvalue weighted by Gasteiger charge is 2.54. The van der Waals surface area contributed by atoms with E-state index in [1.807, 2.05) is 0 Å². The van der Waals surface area contributed by atoms with Gasteiger partial charge in [-0.15, -0.1) is 0 Å². The van der Waals surface area contributed by atoms with Crippen LogP contribution in [0.1, 0.15) is 19.3 Å². The average molecular weight is 264 g/mol. The Kier molecular flexibility index (Phi) is 3.02. The lowest BCUT2D eigenvalue weighted by Crippen LogP contribution is -2.30. The first-order valence-corrected chi connectivity index (χ1v) is 6.90. The van der Waals surface area contributed by atoms with Gasteiger partial charge in [0.25, 0.3) is 0 Å². The van der Waals surface area contributed by atoms with E-state index in [1.165, 1.54) is 0 Å². The minimum absolute atomic E-state index is 0.0197. The zero-order valence-electron chi connectivity index (χ0n) is 10.9. The second-order valence-electron chi connectivity index (χ2n) is 6.01. The van der Waals surface area contributed by atoms with Gasteiger partial charge in [0.1, 0.15) is 6.10 Å². The van der Waals surface area contributed by atoms with E-state index in [0.29, 0.717) is 6.42 Å². The maximum atomic E-state index is 11.8. The number of aliphatic hydroxyl groups excluding tert-OH is 2. The van der Waals surface area contributed by atoms with Crippen LogP contribution in [-0.2, 0) is 9.53 Å². The van der Waals surface area contributed by atoms with Gasteiger partial charge in [-0.25, -0.2) is 0 Å². The minimum Gasteiger partial charge on any atom is -0.461 e. The number of carbonyl (C=O) groups excluding carboxylic acids is 1. The third-order valence-corrected chi connectivity index (χ3v) is 5.13. The number of ether oxygens (including phenoxy) is 1. The Balaban J connectivity index is 1.97. The summed E-state index contributed by atoms with van der Waals surface area (Å²) in [5, 5.41) is 19.4. The highest BCUT2D eigenvalue weighted by molar-refractivity contribution is 5.75. The predicted molar refractivity (Wildman–Crippen MR) is 69.1 cm³/mol. The molecule has 1 saturated heterocycles. The molecule has 104 valence electrons. The maximum absolute atomic E-state index is 11.8. The van der Waals surface area contributed by atoms with Crippen molar-refractivity contribution in [3.63, 3.8) is 0 Å². The number of hydrogen-bond acceptors (Lipinski definition) is 4. The van der Waals surface area contributed by atoms with E-state index in [-0.39, 0.29) is 36.4 Å². The van der Waals surface area contributed by atoms with E-state index in [2.05, 4.69) is 13.2 Å². The quantitative estimate of drug-likeness (QED) is 0.548. The normalized spacial score (nSPS) is 45.7. The zero-order chi connectivity index (χ0) is 13.7. The second kappa shape index (κ2) is 4.46. The molecule has 0 amide bonds. The second-order valence-corrected chi connectivity index (χ2v) is 6.01. The lowest BCUT2D eigenvalue weighted by Gasteiger charge is -2.26. The molecular weight excluding hydrogens is 244 g/mol. The smallest absolute Gasteiger partial charge is 0.312 e. The van der Waals surface area contributed by atoms with Crippen molar-refractivity contribution in [2.75, 3.05) is 6.61 Å². The van der Waals surface area contributed by atoms with Crippen molar-refractivity contribution in [2.24, 2.45) is 23.7 Å². The van der Waals surface area contributed by atoms with Gasteiger partial charge >= 0.3 is 5.97 Å². The Morgan fingerprint density at radius 2 is 2.11 bits per heavy atom. The van der Waals surface area contributed by atoms with Gasteiger partial charge in [-0.05, 0) is 30.8 Å². The number of hydrogen-bond donors (Lipinski definition) is 2. The van der Waals surface area contributed by atoms with Crippen molar-refractivity contribution in [1.82, 2.24) is 0 Å². The van der Waals surface area contributed by atoms with Crippen LogP contribution < -0.4 is 0 Å². The first kappa shape index (κ1) is 12.9. The highest BCUT2D eigenvalue weighted by atomic mass is 16.6. The zero-order valence-corrected chi connectivity index (χ0v) is 10.9. The third-order valence-electron chi connectivity index (χ3n) is 5.13. The molecule has 19 heavy (non-hydrogen) atoms. The molecule has 2 saturated carbocycles. The summed E-state index contributed by atoms with van der Waals surface area (Å²) in [5.41, 5.74) is 1.87. The summed E-state index contributed by atoms with van der Waals surface area (Å²) in [4.78, 5) is 11.8. The fraction of sp³-hybridized carbons (Fsp3) is 0.667. The number of carbonyl (C=O) groups is 1. The monoisotopic (exact) mass is 264 g/mol. The summed E-state index contributed by atoms with van der Waals surface area (Å²) >= 11 is 0. The van der Waals surface area contributed by atoms with Crippen LogP contribution in [0.15, 0.2) is 24.3 Å². The van der Waals surface area contributed by atoms with E-state index >= 15 is 0 Å². The third kappa shape index (κ3) is 1.77. The van der Waals surface area contributed by atoms with Crippen LogP contribution in [0.2, 0.25) is 0 Å². The van der Waals surface area contributed by atoms with Gasteiger partial charge in [-0.1, -0.05) is 18.7 Å². The topological polar surface area (TPSA) is 66.8 Å². The van der Waals surface area contributed by atoms with Crippen molar-refractivity contribution < 1.29 is 19.7 Å². The van der Waals surface area contributed by atoms with Crippen LogP contribution in [0.4, 0.5) is 0 Å². The van der Waals surface area contributed by atoms with Crippen LogP contribution in [0.25, 0.3) is 0 Å². The molecule has 2 aliphatic carbocycles. The van der Waals surface area contributed by atoms with Crippen LogP contribution in [0.5, 0.6) is 0 Å². The van der Waals surface area contributed by atoms with Crippen molar-refractivity contribution >= 4 is 5.97 Å². The van der Waals surface area contributed by atoms with E-state index in [9.17, 15) is 15.0 Å². The molecular formula is C15H20O4. The Bertz CT molecular complexity index is 441. The Morgan fingerprint density at radius 1 is 1.37 bits per heavy atom. The highest BCUT2D eigenvalue weighted by Crippen LogP contribution is 2.52. The molecule has 0 unspecified atom stereocenters. The van der Waals surface area contributed by atoms with Gasteiger partial charge in [0.05, 0.1) is 18.6 Å². The summed E-state index contributed by atoms with van der Waals surface area (Å²) in [6.07, 6.45) is 1.50. The molecule has 1 heterocycles. The number of fused-ring (bicyclic) bond motifs is 3. The predicted octanol–water partition coefficient (Wildman–Crippen LogP) is 1.04. The average Bonchev–Trinajstić information content (AvgIpc) is 2.80. The largest absolute Gasteiger partial charge is 0.461 e. The van der Waals surface area contributed by atoms with Gasteiger partial charge in [-0.3, -0.25) is 4.79 Å². The van der Waals surface area contributed by atoms with Crippen molar-refractivity contribution in [2.45, 2.75) is 31.5 Å². The van der Waals surface area contributed by atoms with Gasteiger partial charge in [-0.2, -0.15) is 0 Å². The van der Waals surface area contributed by atoms with Crippen molar-refractivity contribution in [1.29, 1.82) is 0 Å². The molecule has 3 fully saturated rings. The summed E-state index contributed by atoms with van der Waals surface area (Å²) < 4.78 is 5.52. The van der Waals surface area contributed by atoms with E-state index < -0.39 is 12.0 Å². The van der Waals surface area contributed by atoms with E-state index in [0.717, 1.165) is 24.0 Å². The molecule has 1 aliphatic heterocycles. The number of rotatable bonds is 1. The maximum Gasteiger partial charge on any atom is 0.312 e. The minimum atomic E-state index is -0.530. The van der Waals surface area contributed by atoms with Crippen LogP contribution in [0.3, 0.4) is 0 Å². The van der Waals surface area contributed by atoms with Crippen molar-refractivity contribution in [3.05, 3.63) is 24.3 Å². The standard InChI is InChI=1S/C15H20O4/c1-7-3-4-9-11(6-16)15(18)19-14(9)13-8(2)12(17)5-10(7)13/h9-14,16-17H,1-6H2/t9-,10-,11-,12+,13-,14-/m0/s1. The van der Waals surface area contributed by atoms with Gasteiger partial charge < -0.3 is 14.9 Å². The molecule has 0 aromatic rings. The molecule has 4 nitrogen and oxygen atoms in total. The molecule has 3 rings (SSSR count). The van der Waals surface area contributed by atoms with E-state index in [1.54, 1.807) is 0 Å². The first-order chi connectivity index (χ1) is 9.04. The molecule has 0 radical (unpaired) electrons. The SMILES string of the molecule is C=C1[C@@H]2[C@H]3OC(=O)[C@@H](CO)[C@@H]3CCC(=C)[C@@H]2C[C@H]1O. The fourth-order valence-corrected chi connectivity index (χ4v) is 4.04. The number of esters is 1. The fourth-order valence-electron chi connectivity index (χ4n) is 4.04. The molecule has 6 atom stereocenters. The number of allylic oxidation sites excluding steroid dienone is 1. The Morgan fingerprint density at radius 3 is 2.79 bits per heavy atom. The summed E-state index contributed by atoms with van der Waals surface area (Å²) in [6, 6.07) is 0. The van der Waals surface area contributed by atoms with Crippen molar-refractivity contribution in [3.8, 4) is 0 Å². The van der Waals surface area contributed by atoms with Gasteiger partial charge in [0.2, 0.25) is 0 Å². The van der Waals surface area contributed by atoms with Crippen LogP contribution >= 0.6 is 0 Å². The summed E-state index contributed by atoms with van der Waals surface area (Å²) in [5.74, 6) is -0.593.